The zero-order chi connectivity index (χ0) is 13.5. The van der Waals surface area contributed by atoms with Gasteiger partial charge in [0.15, 0.2) is 9.84 Å². The van der Waals surface area contributed by atoms with Crippen molar-refractivity contribution in [2.45, 2.75) is 65.2 Å². The van der Waals surface area contributed by atoms with Crippen molar-refractivity contribution in [1.82, 2.24) is 5.32 Å². The highest BCUT2D eigenvalue weighted by molar-refractivity contribution is 7.92. The molecule has 0 heterocycles. The molecule has 0 aliphatic heterocycles. The van der Waals surface area contributed by atoms with Gasteiger partial charge in [0.1, 0.15) is 0 Å². The molecule has 2 unspecified atom stereocenters. The Bertz CT molecular complexity index is 286. The third-order valence-electron chi connectivity index (χ3n) is 3.26. The van der Waals surface area contributed by atoms with Gasteiger partial charge in [-0.2, -0.15) is 0 Å². The lowest BCUT2D eigenvalue weighted by Crippen LogP contribution is -2.39. The maximum Gasteiger partial charge on any atom is 0.154 e. The second kappa shape index (κ2) is 8.09. The molecule has 3 nitrogen and oxygen atoms in total. The van der Waals surface area contributed by atoms with Crippen molar-refractivity contribution in [2.24, 2.45) is 5.92 Å². The lowest BCUT2D eigenvalue weighted by Gasteiger charge is -2.22. The molecule has 4 heteroatoms. The topological polar surface area (TPSA) is 46.2 Å². The highest BCUT2D eigenvalue weighted by atomic mass is 32.2. The summed E-state index contributed by atoms with van der Waals surface area (Å²) in [5, 5.41) is 3.10. The van der Waals surface area contributed by atoms with Crippen molar-refractivity contribution in [3.05, 3.63) is 0 Å². The van der Waals surface area contributed by atoms with Crippen LogP contribution in [0.5, 0.6) is 0 Å². The average molecular weight is 263 g/mol. The first-order chi connectivity index (χ1) is 7.85. The molecular formula is C13H29NO2S. The minimum absolute atomic E-state index is 0.117. The molecule has 0 bridgehead atoms. The molecule has 17 heavy (non-hydrogen) atoms. The standard InChI is InChI=1S/C13H29NO2S/c1-6-8-13(14-9-7-2)10-17(15,16)12(5)11(3)4/h11-14H,6-10H2,1-5H3. The molecule has 0 aliphatic rings. The number of hydrogen-bond donors (Lipinski definition) is 1. The molecule has 0 radical (unpaired) electrons. The fraction of sp³-hybridized carbons (Fsp3) is 1.00. The molecule has 1 N–H and O–H groups in total. The van der Waals surface area contributed by atoms with Crippen molar-refractivity contribution in [3.63, 3.8) is 0 Å². The summed E-state index contributed by atoms with van der Waals surface area (Å²) in [5.41, 5.74) is 0. The Morgan fingerprint density at radius 2 is 1.65 bits per heavy atom. The number of hydrogen-bond acceptors (Lipinski definition) is 3. The molecule has 0 rings (SSSR count). The molecule has 2 atom stereocenters. The van der Waals surface area contributed by atoms with Crippen molar-refractivity contribution in [1.29, 1.82) is 0 Å². The maximum atomic E-state index is 12.2. The maximum absolute atomic E-state index is 12.2. The normalized spacial score (nSPS) is 16.1. The fourth-order valence-electron chi connectivity index (χ4n) is 1.79. The first kappa shape index (κ1) is 16.9. The van der Waals surface area contributed by atoms with Crippen molar-refractivity contribution >= 4 is 9.84 Å². The molecule has 104 valence electrons. The first-order valence-corrected chi connectivity index (χ1v) is 8.51. The van der Waals surface area contributed by atoms with Gasteiger partial charge in [0, 0.05) is 6.04 Å². The number of rotatable bonds is 9. The summed E-state index contributed by atoms with van der Waals surface area (Å²) < 4.78 is 24.4. The van der Waals surface area contributed by atoms with Crippen LogP contribution in [0.3, 0.4) is 0 Å². The van der Waals surface area contributed by atoms with Crippen LogP contribution in [0.4, 0.5) is 0 Å². The molecule has 0 saturated heterocycles. The first-order valence-electron chi connectivity index (χ1n) is 6.80. The Hall–Kier alpha value is -0.0900. The molecule has 0 saturated carbocycles. The largest absolute Gasteiger partial charge is 0.313 e. The van der Waals surface area contributed by atoms with Crippen LogP contribution in [0, 0.1) is 5.92 Å². The molecule has 0 aliphatic carbocycles. The second-order valence-electron chi connectivity index (χ2n) is 5.22. The van der Waals surface area contributed by atoms with Gasteiger partial charge in [-0.15, -0.1) is 0 Å². The van der Waals surface area contributed by atoms with E-state index >= 15 is 0 Å². The minimum Gasteiger partial charge on any atom is -0.313 e. The highest BCUT2D eigenvalue weighted by Crippen LogP contribution is 2.14. The van der Waals surface area contributed by atoms with Crippen molar-refractivity contribution in [3.8, 4) is 0 Å². The summed E-state index contributed by atoms with van der Waals surface area (Å²) in [5.74, 6) is 0.466. The quantitative estimate of drug-likeness (QED) is 0.695. The zero-order valence-corrected chi connectivity index (χ0v) is 12.8. The van der Waals surface area contributed by atoms with E-state index in [4.69, 9.17) is 0 Å². The van der Waals surface area contributed by atoms with E-state index in [0.29, 0.717) is 0 Å². The smallest absolute Gasteiger partial charge is 0.154 e. The average Bonchev–Trinajstić information content (AvgIpc) is 2.24. The SMILES string of the molecule is CCCNC(CCC)CS(=O)(=O)C(C)C(C)C. The van der Waals surface area contributed by atoms with E-state index < -0.39 is 9.84 Å². The summed E-state index contributed by atoms with van der Waals surface area (Å²) in [6.45, 7) is 10.9. The Morgan fingerprint density at radius 3 is 2.06 bits per heavy atom. The van der Waals surface area contributed by atoms with Gasteiger partial charge in [0.2, 0.25) is 0 Å². The molecule has 0 aromatic carbocycles. The van der Waals surface area contributed by atoms with E-state index in [1.54, 1.807) is 0 Å². The van der Waals surface area contributed by atoms with Gasteiger partial charge in [-0.3, -0.25) is 0 Å². The molecule has 0 aromatic heterocycles. The lowest BCUT2D eigenvalue weighted by molar-refractivity contribution is 0.489. The fourth-order valence-corrected chi connectivity index (χ4v) is 3.77. The molecule has 0 aromatic rings. The summed E-state index contributed by atoms with van der Waals surface area (Å²) in [7, 11) is -2.97. The summed E-state index contributed by atoms with van der Waals surface area (Å²) in [6, 6.07) is 0.117. The van der Waals surface area contributed by atoms with Crippen LogP contribution in [-0.4, -0.2) is 32.0 Å². The van der Waals surface area contributed by atoms with Gasteiger partial charge in [-0.25, -0.2) is 8.42 Å². The summed E-state index contributed by atoms with van der Waals surface area (Å²) in [6.07, 6.45) is 3.00. The Labute approximate surface area is 107 Å². The Morgan fingerprint density at radius 1 is 1.06 bits per heavy atom. The Kier molecular flexibility index (Phi) is 8.05. The summed E-state index contributed by atoms with van der Waals surface area (Å²) >= 11 is 0. The predicted octanol–water partition coefficient (Wildman–Crippen LogP) is 2.61. The van der Waals surface area contributed by atoms with Crippen LogP contribution >= 0.6 is 0 Å². The molecule has 0 fully saturated rings. The van der Waals surface area contributed by atoms with E-state index in [1.165, 1.54) is 0 Å². The van der Waals surface area contributed by atoms with E-state index in [-0.39, 0.29) is 23.0 Å². The predicted molar refractivity (Wildman–Crippen MR) is 75.1 cm³/mol. The van der Waals surface area contributed by atoms with Crippen LogP contribution in [0.15, 0.2) is 0 Å². The molecule has 0 amide bonds. The van der Waals surface area contributed by atoms with E-state index in [9.17, 15) is 8.42 Å². The van der Waals surface area contributed by atoms with Crippen LogP contribution in [0.1, 0.15) is 53.9 Å². The van der Waals surface area contributed by atoms with Crippen LogP contribution in [-0.2, 0) is 9.84 Å². The van der Waals surface area contributed by atoms with Gasteiger partial charge >= 0.3 is 0 Å². The van der Waals surface area contributed by atoms with Gasteiger partial charge in [-0.1, -0.05) is 34.1 Å². The van der Waals surface area contributed by atoms with E-state index in [1.807, 2.05) is 20.8 Å². The van der Waals surface area contributed by atoms with Gasteiger partial charge in [0.25, 0.3) is 0 Å². The van der Waals surface area contributed by atoms with Crippen LogP contribution in [0.25, 0.3) is 0 Å². The van der Waals surface area contributed by atoms with Crippen LogP contribution < -0.4 is 5.32 Å². The van der Waals surface area contributed by atoms with Gasteiger partial charge < -0.3 is 5.32 Å². The van der Waals surface area contributed by atoms with Crippen molar-refractivity contribution in [2.75, 3.05) is 12.3 Å². The second-order valence-corrected chi connectivity index (χ2v) is 7.62. The van der Waals surface area contributed by atoms with Gasteiger partial charge in [-0.05, 0) is 32.2 Å². The monoisotopic (exact) mass is 263 g/mol. The van der Waals surface area contributed by atoms with E-state index in [2.05, 4.69) is 19.2 Å². The third kappa shape index (κ3) is 6.41. The molecule has 0 spiro atoms. The Balaban J connectivity index is 4.51. The third-order valence-corrected chi connectivity index (χ3v) is 5.80. The highest BCUT2D eigenvalue weighted by Gasteiger charge is 2.26. The summed E-state index contributed by atoms with van der Waals surface area (Å²) in [4.78, 5) is 0. The number of sulfone groups is 1. The lowest BCUT2D eigenvalue weighted by atomic mass is 10.1. The minimum atomic E-state index is -2.97. The zero-order valence-electron chi connectivity index (χ0n) is 12.0. The van der Waals surface area contributed by atoms with Crippen molar-refractivity contribution < 1.29 is 8.42 Å². The van der Waals surface area contributed by atoms with E-state index in [0.717, 1.165) is 25.8 Å². The van der Waals surface area contributed by atoms with Gasteiger partial charge in [0.05, 0.1) is 11.0 Å². The number of nitrogens with one attached hydrogen (secondary N) is 1. The van der Waals surface area contributed by atoms with Crippen LogP contribution in [0.2, 0.25) is 0 Å². The molecular weight excluding hydrogens is 234 g/mol.